The quantitative estimate of drug-likeness (QED) is 0.490. The number of benzene rings is 2. The summed E-state index contributed by atoms with van der Waals surface area (Å²) in [5, 5.41) is 13.1. The first kappa shape index (κ1) is 25.6. The maximum Gasteiger partial charge on any atom is 0.307 e. The normalized spacial score (nSPS) is 27.4. The van der Waals surface area contributed by atoms with Crippen LogP contribution in [0.2, 0.25) is 0 Å². The molecule has 2 aromatic rings. The van der Waals surface area contributed by atoms with E-state index in [1.807, 2.05) is 0 Å². The summed E-state index contributed by atoms with van der Waals surface area (Å²) in [6, 6.07) is 15.8. The number of allylic oxidation sites excluding steroid dienone is 1. The second kappa shape index (κ2) is 11.1. The molecule has 2 aromatic carbocycles. The molecule has 1 saturated heterocycles. The Morgan fingerprint density at radius 2 is 1.78 bits per heavy atom. The zero-order chi connectivity index (χ0) is 25.9. The molecule has 2 N–H and O–H groups in total. The Bertz CT molecular complexity index is 1200. The predicted octanol–water partition coefficient (Wildman–Crippen LogP) is 5.96. The molecule has 0 radical (unpaired) electrons. The molecule has 5 unspecified atom stereocenters. The highest BCUT2D eigenvalue weighted by Gasteiger charge is 2.39. The zero-order valence-electron chi connectivity index (χ0n) is 20.9. The van der Waals surface area contributed by atoms with E-state index in [-0.39, 0.29) is 17.9 Å². The summed E-state index contributed by atoms with van der Waals surface area (Å²) >= 11 is 6.43. The summed E-state index contributed by atoms with van der Waals surface area (Å²) in [7, 11) is 0. The predicted molar refractivity (Wildman–Crippen MR) is 142 cm³/mol. The van der Waals surface area contributed by atoms with Gasteiger partial charge in [-0.15, -0.1) is 0 Å². The summed E-state index contributed by atoms with van der Waals surface area (Å²) in [4.78, 5) is 24.5. The van der Waals surface area contributed by atoms with E-state index < -0.39 is 18.0 Å². The number of carboxylic acid groups (broad SMARTS) is 1. The Kier molecular flexibility index (Phi) is 7.68. The molecule has 3 aliphatic rings. The lowest BCUT2D eigenvalue weighted by atomic mass is 9.81. The lowest BCUT2D eigenvalue weighted by molar-refractivity contribution is -0.149. The van der Waals surface area contributed by atoms with Crippen molar-refractivity contribution < 1.29 is 24.2 Å². The van der Waals surface area contributed by atoms with Crippen LogP contribution in [-0.2, 0) is 9.53 Å². The molecule has 7 heteroatoms. The average molecular weight is 522 g/mol. The van der Waals surface area contributed by atoms with Crippen molar-refractivity contribution in [1.82, 2.24) is 5.32 Å². The van der Waals surface area contributed by atoms with E-state index in [1.54, 1.807) is 36.4 Å². The van der Waals surface area contributed by atoms with Crippen LogP contribution < -0.4 is 10.1 Å². The van der Waals surface area contributed by atoms with Crippen LogP contribution in [0.5, 0.6) is 5.75 Å². The molecule has 1 heterocycles. The number of hydrogen-bond donors (Lipinski definition) is 2. The SMILES string of the molecule is Cc1ccc(C2CCCC(NC(=O)c3ccc(OC4=CC5OCCC(C(=O)O)C5C=C4Cl)cc3)C2)cc1. The summed E-state index contributed by atoms with van der Waals surface area (Å²) < 4.78 is 11.7. The van der Waals surface area contributed by atoms with Crippen molar-refractivity contribution in [3.8, 4) is 5.75 Å². The number of carboxylic acids is 1. The molecule has 5 rings (SSSR count). The molecule has 194 valence electrons. The van der Waals surface area contributed by atoms with Gasteiger partial charge in [0.15, 0.2) is 0 Å². The average Bonchev–Trinajstić information content (AvgIpc) is 2.89. The zero-order valence-corrected chi connectivity index (χ0v) is 21.6. The smallest absolute Gasteiger partial charge is 0.307 e. The number of hydrogen-bond acceptors (Lipinski definition) is 4. The molecule has 1 amide bonds. The molecular weight excluding hydrogens is 490 g/mol. The molecular formula is C30H32ClNO5. The van der Waals surface area contributed by atoms with Crippen molar-refractivity contribution in [2.24, 2.45) is 11.8 Å². The number of nitrogens with one attached hydrogen (secondary N) is 1. The third kappa shape index (κ3) is 5.91. The molecule has 0 aromatic heterocycles. The number of carbonyl (C=O) groups excluding carboxylic acids is 1. The highest BCUT2D eigenvalue weighted by atomic mass is 35.5. The van der Waals surface area contributed by atoms with Crippen molar-refractivity contribution in [3.63, 3.8) is 0 Å². The Hall–Kier alpha value is -3.09. The van der Waals surface area contributed by atoms with E-state index in [9.17, 15) is 14.7 Å². The molecule has 5 atom stereocenters. The Morgan fingerprint density at radius 1 is 1.03 bits per heavy atom. The molecule has 1 saturated carbocycles. The number of halogens is 1. The van der Waals surface area contributed by atoms with E-state index in [4.69, 9.17) is 21.1 Å². The van der Waals surface area contributed by atoms with Gasteiger partial charge < -0.3 is 19.9 Å². The van der Waals surface area contributed by atoms with Gasteiger partial charge in [-0.1, -0.05) is 53.9 Å². The van der Waals surface area contributed by atoms with Crippen LogP contribution in [0.25, 0.3) is 0 Å². The summed E-state index contributed by atoms with van der Waals surface area (Å²) in [5.74, 6) is -0.345. The van der Waals surface area contributed by atoms with Gasteiger partial charge in [0.25, 0.3) is 5.91 Å². The van der Waals surface area contributed by atoms with Gasteiger partial charge in [-0.25, -0.2) is 0 Å². The minimum Gasteiger partial charge on any atom is -0.481 e. The second-order valence-corrected chi connectivity index (χ2v) is 10.7. The summed E-state index contributed by atoms with van der Waals surface area (Å²) in [6.07, 6.45) is 7.71. The van der Waals surface area contributed by atoms with Crippen LogP contribution in [0.1, 0.15) is 59.5 Å². The van der Waals surface area contributed by atoms with Crippen molar-refractivity contribution in [1.29, 1.82) is 0 Å². The monoisotopic (exact) mass is 521 g/mol. The fourth-order valence-electron chi connectivity index (χ4n) is 5.62. The van der Waals surface area contributed by atoms with Gasteiger partial charge in [0, 0.05) is 24.1 Å². The van der Waals surface area contributed by atoms with Gasteiger partial charge in [0.05, 0.1) is 17.1 Å². The first-order chi connectivity index (χ1) is 17.9. The third-order valence-corrected chi connectivity index (χ3v) is 8.00. The highest BCUT2D eigenvalue weighted by molar-refractivity contribution is 6.31. The molecule has 2 fully saturated rings. The fraction of sp³-hybridized carbons (Fsp3) is 0.400. The topological polar surface area (TPSA) is 84.9 Å². The van der Waals surface area contributed by atoms with Crippen LogP contribution in [0, 0.1) is 18.8 Å². The fourth-order valence-corrected chi connectivity index (χ4v) is 5.86. The van der Waals surface area contributed by atoms with Crippen molar-refractivity contribution >= 4 is 23.5 Å². The number of aliphatic carboxylic acids is 1. The van der Waals surface area contributed by atoms with E-state index in [0.29, 0.717) is 41.1 Å². The number of aryl methyl sites for hydroxylation is 1. The lowest BCUT2D eigenvalue weighted by Crippen LogP contribution is -2.40. The second-order valence-electron chi connectivity index (χ2n) is 10.3. The minimum atomic E-state index is -0.843. The first-order valence-electron chi connectivity index (χ1n) is 13.0. The molecule has 6 nitrogen and oxygen atoms in total. The first-order valence-corrected chi connectivity index (χ1v) is 13.3. The Balaban J connectivity index is 1.19. The van der Waals surface area contributed by atoms with Crippen LogP contribution in [0.15, 0.2) is 71.5 Å². The number of ether oxygens (including phenoxy) is 2. The molecule has 2 aliphatic carbocycles. The van der Waals surface area contributed by atoms with Gasteiger partial charge in [-0.3, -0.25) is 9.59 Å². The minimum absolute atomic E-state index is 0.0888. The van der Waals surface area contributed by atoms with Crippen molar-refractivity contribution in [2.45, 2.75) is 57.1 Å². The largest absolute Gasteiger partial charge is 0.481 e. The summed E-state index contributed by atoms with van der Waals surface area (Å²) in [5.41, 5.74) is 3.18. The van der Waals surface area contributed by atoms with E-state index in [1.165, 1.54) is 11.1 Å². The van der Waals surface area contributed by atoms with Crippen LogP contribution >= 0.6 is 11.6 Å². The van der Waals surface area contributed by atoms with Crippen LogP contribution in [0.4, 0.5) is 0 Å². The number of carbonyl (C=O) groups is 2. The van der Waals surface area contributed by atoms with Gasteiger partial charge >= 0.3 is 5.97 Å². The number of fused-ring (bicyclic) bond motifs is 1. The third-order valence-electron chi connectivity index (χ3n) is 7.69. The molecule has 0 bridgehead atoms. The van der Waals surface area contributed by atoms with Crippen LogP contribution in [0.3, 0.4) is 0 Å². The highest BCUT2D eigenvalue weighted by Crippen LogP contribution is 2.38. The summed E-state index contributed by atoms with van der Waals surface area (Å²) in [6.45, 7) is 2.47. The van der Waals surface area contributed by atoms with E-state index in [2.05, 4.69) is 36.5 Å². The van der Waals surface area contributed by atoms with Gasteiger partial charge in [0.2, 0.25) is 0 Å². The number of amides is 1. The maximum atomic E-state index is 12.9. The van der Waals surface area contributed by atoms with Crippen molar-refractivity contribution in [3.05, 3.63) is 88.2 Å². The lowest BCUT2D eigenvalue weighted by Gasteiger charge is -2.35. The molecule has 0 spiro atoms. The van der Waals surface area contributed by atoms with Crippen molar-refractivity contribution in [2.75, 3.05) is 6.61 Å². The van der Waals surface area contributed by atoms with Gasteiger partial charge in [-0.2, -0.15) is 0 Å². The molecule has 37 heavy (non-hydrogen) atoms. The molecule has 1 aliphatic heterocycles. The Morgan fingerprint density at radius 3 is 2.51 bits per heavy atom. The van der Waals surface area contributed by atoms with E-state index in [0.717, 1.165) is 25.7 Å². The van der Waals surface area contributed by atoms with Gasteiger partial charge in [0.1, 0.15) is 11.5 Å². The number of rotatable bonds is 6. The van der Waals surface area contributed by atoms with E-state index >= 15 is 0 Å². The Labute approximate surface area is 222 Å². The standard InChI is InChI=1S/C30H32ClNO5/c1-18-5-7-19(8-6-18)21-3-2-4-22(15-21)32-29(33)20-9-11-23(12-10-20)37-28-17-27-25(16-26(28)31)24(30(34)35)13-14-36-27/h5-12,16-17,21-22,24-25,27H,2-4,13-15H2,1H3,(H,32,33)(H,34,35). The maximum absolute atomic E-state index is 12.9. The van der Waals surface area contributed by atoms with Gasteiger partial charge in [-0.05, 0) is 74.4 Å². The van der Waals surface area contributed by atoms with Crippen LogP contribution in [-0.4, -0.2) is 35.7 Å².